The Morgan fingerprint density at radius 1 is 1.56 bits per heavy atom. The lowest BCUT2D eigenvalue weighted by molar-refractivity contribution is 0.200. The van der Waals surface area contributed by atoms with Gasteiger partial charge >= 0.3 is 0 Å². The van der Waals surface area contributed by atoms with E-state index in [-0.39, 0.29) is 0 Å². The Bertz CT molecular complexity index is 340. The molecule has 0 bridgehead atoms. The van der Waals surface area contributed by atoms with Crippen molar-refractivity contribution in [2.45, 2.75) is 25.8 Å². The third kappa shape index (κ3) is 2.34. The lowest BCUT2D eigenvalue weighted by Crippen LogP contribution is -2.28. The molecule has 0 amide bonds. The molecule has 4 heteroatoms. The van der Waals surface area contributed by atoms with Crippen LogP contribution < -0.4 is 5.73 Å². The Hall–Kier alpha value is -0.320. The molecule has 2 atom stereocenters. The molecule has 90 valence electrons. The molecular formula is C12H19BrN2O. The molecule has 16 heavy (non-hydrogen) atoms. The Kier molecular flexibility index (Phi) is 4.05. The first kappa shape index (κ1) is 12.1. The van der Waals surface area contributed by atoms with E-state index in [4.69, 9.17) is 10.2 Å². The molecule has 1 aromatic heterocycles. The van der Waals surface area contributed by atoms with Gasteiger partial charge in [0.05, 0.1) is 6.04 Å². The second-order valence-electron chi connectivity index (χ2n) is 4.41. The maximum Gasteiger partial charge on any atom is 0.169 e. The van der Waals surface area contributed by atoms with Crippen LogP contribution in [0.3, 0.4) is 0 Å². The van der Waals surface area contributed by atoms with E-state index in [1.165, 1.54) is 12.8 Å². The van der Waals surface area contributed by atoms with Gasteiger partial charge in [-0.25, -0.2) is 0 Å². The van der Waals surface area contributed by atoms with Crippen LogP contribution in [-0.4, -0.2) is 24.5 Å². The van der Waals surface area contributed by atoms with Crippen molar-refractivity contribution in [1.29, 1.82) is 0 Å². The molecule has 1 aromatic rings. The Morgan fingerprint density at radius 2 is 2.38 bits per heavy atom. The molecule has 2 rings (SSSR count). The number of nitrogens with zero attached hydrogens (tertiary/aromatic N) is 1. The Labute approximate surface area is 105 Å². The third-order valence-corrected chi connectivity index (χ3v) is 3.75. The van der Waals surface area contributed by atoms with Crippen LogP contribution in [0.2, 0.25) is 0 Å². The number of hydrogen-bond acceptors (Lipinski definition) is 3. The van der Waals surface area contributed by atoms with Gasteiger partial charge < -0.3 is 10.2 Å². The normalized spacial score (nSPS) is 26.4. The van der Waals surface area contributed by atoms with Gasteiger partial charge in [-0.05, 0) is 66.5 Å². The molecule has 1 aliphatic heterocycles. The van der Waals surface area contributed by atoms with Crippen molar-refractivity contribution in [3.05, 3.63) is 22.6 Å². The SMILES string of the molecule is CCCN1CCC(CN)C1c1ccc(Br)o1. The van der Waals surface area contributed by atoms with Gasteiger partial charge in [0, 0.05) is 0 Å². The molecule has 1 fully saturated rings. The van der Waals surface area contributed by atoms with E-state index < -0.39 is 0 Å². The summed E-state index contributed by atoms with van der Waals surface area (Å²) in [5.41, 5.74) is 5.85. The van der Waals surface area contributed by atoms with Gasteiger partial charge in [-0.1, -0.05) is 6.92 Å². The number of halogens is 1. The van der Waals surface area contributed by atoms with E-state index in [1.807, 2.05) is 6.07 Å². The molecule has 3 nitrogen and oxygen atoms in total. The first-order chi connectivity index (χ1) is 7.76. The van der Waals surface area contributed by atoms with Gasteiger partial charge in [-0.2, -0.15) is 0 Å². The highest BCUT2D eigenvalue weighted by Crippen LogP contribution is 2.38. The van der Waals surface area contributed by atoms with Crippen molar-refractivity contribution in [2.75, 3.05) is 19.6 Å². The summed E-state index contributed by atoms with van der Waals surface area (Å²) in [5.74, 6) is 1.58. The fraction of sp³-hybridized carbons (Fsp3) is 0.667. The van der Waals surface area contributed by atoms with Gasteiger partial charge in [0.2, 0.25) is 0 Å². The number of furan rings is 1. The second kappa shape index (κ2) is 5.34. The summed E-state index contributed by atoms with van der Waals surface area (Å²) < 4.78 is 6.50. The van der Waals surface area contributed by atoms with Crippen molar-refractivity contribution >= 4 is 15.9 Å². The summed E-state index contributed by atoms with van der Waals surface area (Å²) in [6, 6.07) is 4.40. The van der Waals surface area contributed by atoms with Crippen molar-refractivity contribution in [2.24, 2.45) is 11.7 Å². The quantitative estimate of drug-likeness (QED) is 0.926. The standard InChI is InChI=1S/C12H19BrN2O/c1-2-6-15-7-5-9(8-14)12(15)10-3-4-11(13)16-10/h3-4,9,12H,2,5-8,14H2,1H3. The Balaban J connectivity index is 2.18. The van der Waals surface area contributed by atoms with Crippen LogP contribution in [-0.2, 0) is 0 Å². The Morgan fingerprint density at radius 3 is 2.94 bits per heavy atom. The first-order valence-corrected chi connectivity index (χ1v) is 6.75. The van der Waals surface area contributed by atoms with Gasteiger partial charge in [-0.3, -0.25) is 4.90 Å². The fourth-order valence-corrected chi connectivity index (χ4v) is 2.93. The minimum atomic E-state index is 0.372. The van der Waals surface area contributed by atoms with Crippen LogP contribution in [0.1, 0.15) is 31.6 Å². The van der Waals surface area contributed by atoms with Crippen molar-refractivity contribution in [1.82, 2.24) is 4.90 Å². The molecule has 0 aromatic carbocycles. The third-order valence-electron chi connectivity index (χ3n) is 3.33. The van der Waals surface area contributed by atoms with E-state index in [2.05, 4.69) is 33.8 Å². The predicted octanol–water partition coefficient (Wildman–Crippen LogP) is 2.77. The predicted molar refractivity (Wildman–Crippen MR) is 68.2 cm³/mol. The van der Waals surface area contributed by atoms with E-state index >= 15 is 0 Å². The highest BCUT2D eigenvalue weighted by molar-refractivity contribution is 9.10. The maximum atomic E-state index is 5.85. The van der Waals surface area contributed by atoms with Gasteiger partial charge in [0.25, 0.3) is 0 Å². The summed E-state index contributed by atoms with van der Waals surface area (Å²) in [6.45, 7) is 5.21. The monoisotopic (exact) mass is 286 g/mol. The van der Waals surface area contributed by atoms with Crippen molar-refractivity contribution in [3.8, 4) is 0 Å². The number of hydrogen-bond donors (Lipinski definition) is 1. The van der Waals surface area contributed by atoms with Gasteiger partial charge in [0.15, 0.2) is 4.67 Å². The molecule has 0 spiro atoms. The van der Waals surface area contributed by atoms with Crippen LogP contribution in [0.15, 0.2) is 21.2 Å². The number of rotatable bonds is 4. The highest BCUT2D eigenvalue weighted by Gasteiger charge is 2.35. The average molecular weight is 287 g/mol. The van der Waals surface area contributed by atoms with E-state index in [9.17, 15) is 0 Å². The average Bonchev–Trinajstić information content (AvgIpc) is 2.85. The minimum Gasteiger partial charge on any atom is -0.453 e. The van der Waals surface area contributed by atoms with Crippen molar-refractivity contribution in [3.63, 3.8) is 0 Å². The molecule has 1 aliphatic rings. The molecule has 0 saturated carbocycles. The van der Waals surface area contributed by atoms with Gasteiger partial charge in [0.1, 0.15) is 5.76 Å². The van der Waals surface area contributed by atoms with Crippen LogP contribution in [0.4, 0.5) is 0 Å². The second-order valence-corrected chi connectivity index (χ2v) is 5.19. The number of likely N-dealkylation sites (tertiary alicyclic amines) is 1. The van der Waals surface area contributed by atoms with E-state index in [1.54, 1.807) is 0 Å². The molecule has 2 N–H and O–H groups in total. The number of nitrogens with two attached hydrogens (primary N) is 1. The van der Waals surface area contributed by atoms with Crippen LogP contribution in [0.25, 0.3) is 0 Å². The molecule has 1 saturated heterocycles. The van der Waals surface area contributed by atoms with E-state index in [0.717, 1.165) is 30.1 Å². The minimum absolute atomic E-state index is 0.372. The zero-order chi connectivity index (χ0) is 11.5. The zero-order valence-corrected chi connectivity index (χ0v) is 11.2. The summed E-state index contributed by atoms with van der Waals surface area (Å²) in [7, 11) is 0. The highest BCUT2D eigenvalue weighted by atomic mass is 79.9. The van der Waals surface area contributed by atoms with Gasteiger partial charge in [-0.15, -0.1) is 0 Å². The molecular weight excluding hydrogens is 268 g/mol. The lowest BCUT2D eigenvalue weighted by atomic mass is 9.98. The van der Waals surface area contributed by atoms with Crippen LogP contribution in [0, 0.1) is 5.92 Å². The first-order valence-electron chi connectivity index (χ1n) is 5.95. The molecule has 2 heterocycles. The summed E-state index contributed by atoms with van der Waals surface area (Å²) >= 11 is 3.36. The van der Waals surface area contributed by atoms with Crippen molar-refractivity contribution < 1.29 is 4.42 Å². The fourth-order valence-electron chi connectivity index (χ4n) is 2.61. The largest absolute Gasteiger partial charge is 0.453 e. The summed E-state index contributed by atoms with van der Waals surface area (Å²) in [5, 5.41) is 0. The van der Waals surface area contributed by atoms with E-state index in [0.29, 0.717) is 12.0 Å². The molecule has 0 radical (unpaired) electrons. The lowest BCUT2D eigenvalue weighted by Gasteiger charge is -2.25. The topological polar surface area (TPSA) is 42.4 Å². The molecule has 0 aliphatic carbocycles. The summed E-state index contributed by atoms with van der Waals surface area (Å²) in [6.07, 6.45) is 2.36. The molecule has 2 unspecified atom stereocenters. The smallest absolute Gasteiger partial charge is 0.169 e. The van der Waals surface area contributed by atoms with Crippen LogP contribution in [0.5, 0.6) is 0 Å². The van der Waals surface area contributed by atoms with Crippen LogP contribution >= 0.6 is 15.9 Å². The summed E-state index contributed by atoms with van der Waals surface area (Å²) in [4.78, 5) is 2.49. The maximum absolute atomic E-state index is 5.85. The zero-order valence-electron chi connectivity index (χ0n) is 9.66.